The molecule has 0 aliphatic carbocycles. The van der Waals surface area contributed by atoms with Crippen LogP contribution in [0.15, 0.2) is 12.1 Å². The predicted octanol–water partition coefficient (Wildman–Crippen LogP) is 2.23. The molecule has 0 amide bonds. The molecule has 0 saturated carbocycles. The molecule has 4 nitrogen and oxygen atoms in total. The normalized spacial score (nSPS) is 10.5. The Balaban J connectivity index is 2.65. The van der Waals surface area contributed by atoms with Crippen LogP contribution in [-0.4, -0.2) is 29.6 Å². The summed E-state index contributed by atoms with van der Waals surface area (Å²) in [6, 6.07) is 3.68. The van der Waals surface area contributed by atoms with Gasteiger partial charge in [0.1, 0.15) is 5.82 Å². The van der Waals surface area contributed by atoms with E-state index < -0.39 is 0 Å². The molecule has 0 aromatic carbocycles. The maximum Gasteiger partial charge on any atom is 0.239 e. The van der Waals surface area contributed by atoms with Crippen LogP contribution < -0.4 is 15.8 Å². The van der Waals surface area contributed by atoms with Gasteiger partial charge in [0.15, 0.2) is 0 Å². The maximum absolute atomic E-state index is 5.77. The van der Waals surface area contributed by atoms with E-state index in [9.17, 15) is 0 Å². The van der Waals surface area contributed by atoms with E-state index in [1.165, 1.54) is 0 Å². The van der Waals surface area contributed by atoms with Gasteiger partial charge in [-0.15, -0.1) is 0 Å². The number of aromatic nitrogens is 1. The van der Waals surface area contributed by atoms with E-state index in [2.05, 4.69) is 16.6 Å². The summed E-state index contributed by atoms with van der Waals surface area (Å²) in [4.78, 5) is 4.32. The molecule has 0 saturated heterocycles. The number of nitrogen functional groups attached to an aromatic ring is 1. The predicted molar refractivity (Wildman–Crippen MR) is 71.3 cm³/mol. The van der Waals surface area contributed by atoms with Crippen LogP contribution in [-0.2, 0) is 0 Å². The Morgan fingerprint density at radius 1 is 1.50 bits per heavy atom. The van der Waals surface area contributed by atoms with Crippen LogP contribution in [0.3, 0.4) is 0 Å². The number of hydrogen-bond acceptors (Lipinski definition) is 5. The number of ether oxygens (including phenoxy) is 1. The Morgan fingerprint density at radius 3 is 2.88 bits per heavy atom. The zero-order valence-corrected chi connectivity index (χ0v) is 10.8. The van der Waals surface area contributed by atoms with Gasteiger partial charge in [0.25, 0.3) is 0 Å². The van der Waals surface area contributed by atoms with Crippen molar-refractivity contribution < 1.29 is 4.74 Å². The highest BCUT2D eigenvalue weighted by Crippen LogP contribution is 2.21. The molecule has 0 spiro atoms. The summed E-state index contributed by atoms with van der Waals surface area (Å²) in [5.41, 5.74) is 6.35. The second kappa shape index (κ2) is 6.48. The van der Waals surface area contributed by atoms with Crippen molar-refractivity contribution in [3.8, 4) is 5.88 Å². The van der Waals surface area contributed by atoms with E-state index in [0.717, 1.165) is 18.1 Å². The van der Waals surface area contributed by atoms with Crippen molar-refractivity contribution >= 4 is 23.3 Å². The number of hydrogen-bond donors (Lipinski definition) is 2. The molecule has 0 aliphatic heterocycles. The number of nitrogens with one attached hydrogen (secondary N) is 1. The fourth-order valence-electron chi connectivity index (χ4n) is 1.15. The Kier molecular flexibility index (Phi) is 5.25. The monoisotopic (exact) mass is 241 g/mol. The molecular formula is C11H19N3OS. The average Bonchev–Trinajstić information content (AvgIpc) is 2.22. The first-order valence-corrected chi connectivity index (χ1v) is 6.69. The molecule has 0 fully saturated rings. The van der Waals surface area contributed by atoms with E-state index in [4.69, 9.17) is 10.5 Å². The third-order valence-electron chi connectivity index (χ3n) is 1.85. The Labute approximate surface area is 101 Å². The van der Waals surface area contributed by atoms with Crippen LogP contribution in [0.5, 0.6) is 5.88 Å². The Morgan fingerprint density at radius 2 is 2.25 bits per heavy atom. The molecule has 0 bridgehead atoms. The lowest BCUT2D eigenvalue weighted by Gasteiger charge is -2.12. The first kappa shape index (κ1) is 13.0. The SMILES string of the molecule is CSCCNc1ccc(N)c(OC(C)C)n1. The molecule has 5 heteroatoms. The molecule has 0 unspecified atom stereocenters. The molecular weight excluding hydrogens is 222 g/mol. The minimum Gasteiger partial charge on any atom is -0.473 e. The highest BCUT2D eigenvalue weighted by Gasteiger charge is 2.05. The van der Waals surface area contributed by atoms with Crippen molar-refractivity contribution in [2.45, 2.75) is 20.0 Å². The first-order valence-electron chi connectivity index (χ1n) is 5.29. The van der Waals surface area contributed by atoms with Gasteiger partial charge in [0.2, 0.25) is 5.88 Å². The lowest BCUT2D eigenvalue weighted by atomic mass is 10.4. The Hall–Kier alpha value is -1.10. The molecule has 1 aromatic rings. The molecule has 0 radical (unpaired) electrons. The van der Waals surface area contributed by atoms with E-state index in [0.29, 0.717) is 11.6 Å². The van der Waals surface area contributed by atoms with E-state index in [1.807, 2.05) is 26.0 Å². The van der Waals surface area contributed by atoms with Gasteiger partial charge in [0, 0.05) is 12.3 Å². The molecule has 0 atom stereocenters. The van der Waals surface area contributed by atoms with Gasteiger partial charge >= 0.3 is 0 Å². The highest BCUT2D eigenvalue weighted by molar-refractivity contribution is 7.98. The summed E-state index contributed by atoms with van der Waals surface area (Å²) in [7, 11) is 0. The van der Waals surface area contributed by atoms with Gasteiger partial charge in [-0.2, -0.15) is 16.7 Å². The van der Waals surface area contributed by atoms with Gasteiger partial charge in [0.05, 0.1) is 11.8 Å². The van der Waals surface area contributed by atoms with Gasteiger partial charge in [-0.1, -0.05) is 0 Å². The van der Waals surface area contributed by atoms with E-state index in [1.54, 1.807) is 11.8 Å². The van der Waals surface area contributed by atoms with Crippen LogP contribution in [0.25, 0.3) is 0 Å². The van der Waals surface area contributed by atoms with Gasteiger partial charge in [-0.25, -0.2) is 0 Å². The number of nitrogens with zero attached hydrogens (tertiary/aromatic N) is 1. The van der Waals surface area contributed by atoms with Crippen molar-refractivity contribution in [1.82, 2.24) is 4.98 Å². The summed E-state index contributed by atoms with van der Waals surface area (Å²) in [5.74, 6) is 2.36. The van der Waals surface area contributed by atoms with Crippen LogP contribution in [0.2, 0.25) is 0 Å². The van der Waals surface area contributed by atoms with Crippen molar-refractivity contribution in [3.05, 3.63) is 12.1 Å². The average molecular weight is 241 g/mol. The van der Waals surface area contributed by atoms with Crippen molar-refractivity contribution in [3.63, 3.8) is 0 Å². The summed E-state index contributed by atoms with van der Waals surface area (Å²) >= 11 is 1.79. The standard InChI is InChI=1S/C11H19N3OS/c1-8(2)15-11-9(12)4-5-10(14-11)13-6-7-16-3/h4-5,8H,6-7,12H2,1-3H3,(H,13,14). The highest BCUT2D eigenvalue weighted by atomic mass is 32.2. The molecule has 1 rings (SSSR count). The third kappa shape index (κ3) is 4.18. The van der Waals surface area contributed by atoms with Gasteiger partial charge < -0.3 is 15.8 Å². The maximum atomic E-state index is 5.77. The zero-order valence-electron chi connectivity index (χ0n) is 9.99. The van der Waals surface area contributed by atoms with Crippen LogP contribution in [0, 0.1) is 0 Å². The van der Waals surface area contributed by atoms with Crippen molar-refractivity contribution in [2.75, 3.05) is 29.6 Å². The molecule has 16 heavy (non-hydrogen) atoms. The number of thioether (sulfide) groups is 1. The van der Waals surface area contributed by atoms with Gasteiger partial charge in [-0.3, -0.25) is 0 Å². The summed E-state index contributed by atoms with van der Waals surface area (Å²) in [6.07, 6.45) is 2.15. The number of anilines is 2. The van der Waals surface area contributed by atoms with Crippen LogP contribution >= 0.6 is 11.8 Å². The lowest BCUT2D eigenvalue weighted by Crippen LogP contribution is -2.11. The third-order valence-corrected chi connectivity index (χ3v) is 2.46. The summed E-state index contributed by atoms with van der Waals surface area (Å²) in [6.45, 7) is 4.79. The fourth-order valence-corrected chi connectivity index (χ4v) is 1.45. The minimum absolute atomic E-state index is 0.0799. The second-order valence-corrected chi connectivity index (χ2v) is 4.66. The van der Waals surface area contributed by atoms with Crippen molar-refractivity contribution in [1.29, 1.82) is 0 Å². The van der Waals surface area contributed by atoms with Crippen LogP contribution in [0.4, 0.5) is 11.5 Å². The zero-order chi connectivity index (χ0) is 12.0. The minimum atomic E-state index is 0.0799. The van der Waals surface area contributed by atoms with E-state index in [-0.39, 0.29) is 6.10 Å². The van der Waals surface area contributed by atoms with Gasteiger partial charge in [-0.05, 0) is 32.2 Å². The largest absolute Gasteiger partial charge is 0.473 e. The molecule has 0 aliphatic rings. The number of rotatable bonds is 6. The molecule has 3 N–H and O–H groups in total. The quantitative estimate of drug-likeness (QED) is 0.748. The number of pyridine rings is 1. The molecule has 90 valence electrons. The smallest absolute Gasteiger partial charge is 0.239 e. The van der Waals surface area contributed by atoms with E-state index >= 15 is 0 Å². The van der Waals surface area contributed by atoms with Crippen LogP contribution in [0.1, 0.15) is 13.8 Å². The number of nitrogens with two attached hydrogens (primary N) is 1. The molecule has 1 aromatic heterocycles. The second-order valence-electron chi connectivity index (χ2n) is 3.68. The van der Waals surface area contributed by atoms with Crippen molar-refractivity contribution in [2.24, 2.45) is 0 Å². The topological polar surface area (TPSA) is 60.2 Å². The Bertz CT molecular complexity index is 331. The summed E-state index contributed by atoms with van der Waals surface area (Å²) in [5, 5.41) is 3.22. The lowest BCUT2D eigenvalue weighted by molar-refractivity contribution is 0.234. The molecule has 1 heterocycles. The fraction of sp³-hybridized carbons (Fsp3) is 0.545. The summed E-state index contributed by atoms with van der Waals surface area (Å²) < 4.78 is 5.51. The first-order chi connectivity index (χ1) is 7.63.